The fourth-order valence-corrected chi connectivity index (χ4v) is 6.57. The number of fused-ring (bicyclic) bond motifs is 1. The first-order valence-electron chi connectivity index (χ1n) is 10.8. The Bertz CT molecular complexity index is 1140. The molecular formula is C23H27N3O4S2. The van der Waals surface area contributed by atoms with Gasteiger partial charge in [-0.1, -0.05) is 12.1 Å². The molecule has 2 aliphatic heterocycles. The number of carbonyl (C=O) groups is 2. The maximum Gasteiger partial charge on any atom is 0.247 e. The first-order valence-corrected chi connectivity index (χ1v) is 13.2. The van der Waals surface area contributed by atoms with Gasteiger partial charge in [-0.25, -0.2) is 8.42 Å². The van der Waals surface area contributed by atoms with Crippen LogP contribution in [0.5, 0.6) is 0 Å². The van der Waals surface area contributed by atoms with E-state index in [-0.39, 0.29) is 29.0 Å². The number of nitrogens with zero attached hydrogens (tertiary/aromatic N) is 3. The second kappa shape index (κ2) is 9.25. The lowest BCUT2D eigenvalue weighted by atomic mass is 10.2. The lowest BCUT2D eigenvalue weighted by Crippen LogP contribution is -2.45. The van der Waals surface area contributed by atoms with Crippen molar-refractivity contribution in [3.63, 3.8) is 0 Å². The second-order valence-corrected chi connectivity index (χ2v) is 10.9. The first kappa shape index (κ1) is 22.8. The van der Waals surface area contributed by atoms with E-state index in [2.05, 4.69) is 0 Å². The van der Waals surface area contributed by atoms with Crippen molar-refractivity contribution >= 4 is 45.0 Å². The number of hydrogen-bond acceptors (Lipinski definition) is 5. The van der Waals surface area contributed by atoms with Gasteiger partial charge in [0.15, 0.2) is 0 Å². The summed E-state index contributed by atoms with van der Waals surface area (Å²) in [6.07, 6.45) is 1.70. The van der Waals surface area contributed by atoms with E-state index >= 15 is 0 Å². The van der Waals surface area contributed by atoms with E-state index in [1.54, 1.807) is 23.1 Å². The van der Waals surface area contributed by atoms with Gasteiger partial charge in [0.1, 0.15) is 6.54 Å². The van der Waals surface area contributed by atoms with Gasteiger partial charge in [-0.2, -0.15) is 4.31 Å². The molecule has 0 N–H and O–H groups in total. The molecule has 2 aromatic rings. The summed E-state index contributed by atoms with van der Waals surface area (Å²) < 4.78 is 27.6. The van der Waals surface area contributed by atoms with Crippen molar-refractivity contribution in [2.24, 2.45) is 0 Å². The zero-order valence-electron chi connectivity index (χ0n) is 18.3. The van der Waals surface area contributed by atoms with Gasteiger partial charge < -0.3 is 9.80 Å². The number of anilines is 2. The molecule has 7 nitrogen and oxygen atoms in total. The molecule has 32 heavy (non-hydrogen) atoms. The summed E-state index contributed by atoms with van der Waals surface area (Å²) in [6, 6.07) is 12.6. The van der Waals surface area contributed by atoms with Crippen LogP contribution < -0.4 is 9.80 Å². The molecule has 2 amide bonds. The maximum absolute atomic E-state index is 13.2. The van der Waals surface area contributed by atoms with Crippen molar-refractivity contribution < 1.29 is 18.0 Å². The van der Waals surface area contributed by atoms with E-state index in [1.165, 1.54) is 21.0 Å². The van der Waals surface area contributed by atoms with Crippen LogP contribution in [0.1, 0.15) is 25.3 Å². The number of sulfonamides is 1. The van der Waals surface area contributed by atoms with Crippen LogP contribution >= 0.6 is 11.8 Å². The Kier molecular flexibility index (Phi) is 6.60. The zero-order valence-corrected chi connectivity index (χ0v) is 19.9. The molecule has 0 unspecified atom stereocenters. The van der Waals surface area contributed by atoms with Crippen LogP contribution in [0, 0.1) is 6.92 Å². The summed E-state index contributed by atoms with van der Waals surface area (Å²) in [5.74, 6) is -0.196. The molecule has 0 aromatic heterocycles. The number of amides is 2. The third-order valence-electron chi connectivity index (χ3n) is 5.80. The van der Waals surface area contributed by atoms with Crippen LogP contribution in [0.3, 0.4) is 0 Å². The molecule has 170 valence electrons. The predicted octanol–water partition coefficient (Wildman–Crippen LogP) is 3.27. The third kappa shape index (κ3) is 4.42. The van der Waals surface area contributed by atoms with E-state index < -0.39 is 10.0 Å². The number of rotatable bonds is 6. The minimum absolute atomic E-state index is 0.138. The van der Waals surface area contributed by atoms with Crippen molar-refractivity contribution in [1.29, 1.82) is 0 Å². The average molecular weight is 474 g/mol. The summed E-state index contributed by atoms with van der Waals surface area (Å²) in [5, 5.41) is 0. The van der Waals surface area contributed by atoms with Crippen LogP contribution in [-0.4, -0.2) is 56.5 Å². The van der Waals surface area contributed by atoms with Crippen molar-refractivity contribution in [2.75, 3.05) is 41.7 Å². The molecule has 2 aliphatic rings. The summed E-state index contributed by atoms with van der Waals surface area (Å²) in [5.41, 5.74) is 2.31. The average Bonchev–Trinajstić information content (AvgIpc) is 3.32. The van der Waals surface area contributed by atoms with Gasteiger partial charge in [-0.15, -0.1) is 11.8 Å². The van der Waals surface area contributed by atoms with Crippen molar-refractivity contribution in [2.45, 2.75) is 36.5 Å². The number of hydrogen-bond donors (Lipinski definition) is 0. The summed E-state index contributed by atoms with van der Waals surface area (Å²) in [7, 11) is -3.62. The standard InChI is InChI=1S/C23H27N3O4S2/c1-3-25(18-8-6-7-17(2)13-18)22(27)15-26-20-14-19(9-10-21(20)31-16-23(26)28)32(29,30)24-11-4-5-12-24/h6-10,13-14H,3-5,11-12,15-16H2,1-2H3. The fourth-order valence-electron chi connectivity index (χ4n) is 4.11. The molecule has 0 saturated carbocycles. The molecule has 0 spiro atoms. The number of benzene rings is 2. The Morgan fingerprint density at radius 3 is 2.56 bits per heavy atom. The van der Waals surface area contributed by atoms with Crippen LogP contribution in [0.25, 0.3) is 0 Å². The predicted molar refractivity (Wildman–Crippen MR) is 127 cm³/mol. The molecule has 1 saturated heterocycles. The Balaban J connectivity index is 1.64. The zero-order chi connectivity index (χ0) is 22.9. The Labute approximate surface area is 193 Å². The van der Waals surface area contributed by atoms with E-state index in [1.807, 2.05) is 38.1 Å². The third-order valence-corrected chi connectivity index (χ3v) is 8.74. The monoisotopic (exact) mass is 473 g/mol. The highest BCUT2D eigenvalue weighted by molar-refractivity contribution is 8.00. The minimum atomic E-state index is -3.62. The quantitative estimate of drug-likeness (QED) is 0.644. The molecule has 0 aliphatic carbocycles. The summed E-state index contributed by atoms with van der Waals surface area (Å²) >= 11 is 1.37. The second-order valence-electron chi connectivity index (χ2n) is 7.99. The van der Waals surface area contributed by atoms with Crippen LogP contribution in [-0.2, 0) is 19.6 Å². The molecule has 2 heterocycles. The van der Waals surface area contributed by atoms with Gasteiger partial charge in [-0.05, 0) is 62.6 Å². The number of carbonyl (C=O) groups excluding carboxylic acids is 2. The summed E-state index contributed by atoms with van der Waals surface area (Å²) in [4.78, 5) is 30.0. The number of likely N-dealkylation sites (N-methyl/N-ethyl adjacent to an activating group) is 1. The lowest BCUT2D eigenvalue weighted by Gasteiger charge is -2.31. The van der Waals surface area contributed by atoms with Gasteiger partial charge in [0.25, 0.3) is 0 Å². The summed E-state index contributed by atoms with van der Waals surface area (Å²) in [6.45, 7) is 5.21. The van der Waals surface area contributed by atoms with Crippen LogP contribution in [0.2, 0.25) is 0 Å². The van der Waals surface area contributed by atoms with Crippen molar-refractivity contribution in [3.8, 4) is 0 Å². The highest BCUT2D eigenvalue weighted by atomic mass is 32.2. The lowest BCUT2D eigenvalue weighted by molar-refractivity contribution is -0.121. The van der Waals surface area contributed by atoms with Crippen LogP contribution in [0.15, 0.2) is 52.3 Å². The van der Waals surface area contributed by atoms with E-state index in [4.69, 9.17) is 0 Å². The van der Waals surface area contributed by atoms with E-state index in [0.717, 1.165) is 29.0 Å². The Morgan fingerprint density at radius 2 is 1.88 bits per heavy atom. The Morgan fingerprint density at radius 1 is 1.12 bits per heavy atom. The normalized spacial score (nSPS) is 16.8. The van der Waals surface area contributed by atoms with Gasteiger partial charge >= 0.3 is 0 Å². The molecule has 0 bridgehead atoms. The molecule has 0 radical (unpaired) electrons. The van der Waals surface area contributed by atoms with Gasteiger partial charge in [0.05, 0.1) is 16.3 Å². The van der Waals surface area contributed by atoms with Crippen LogP contribution in [0.4, 0.5) is 11.4 Å². The minimum Gasteiger partial charge on any atom is -0.311 e. The van der Waals surface area contributed by atoms with E-state index in [0.29, 0.717) is 25.3 Å². The first-order chi connectivity index (χ1) is 15.3. The maximum atomic E-state index is 13.2. The number of thioether (sulfide) groups is 1. The van der Waals surface area contributed by atoms with Crippen molar-refractivity contribution in [1.82, 2.24) is 4.31 Å². The SMILES string of the molecule is CCN(C(=O)CN1C(=O)CSc2ccc(S(=O)(=O)N3CCCC3)cc21)c1cccc(C)c1. The largest absolute Gasteiger partial charge is 0.311 e. The highest BCUT2D eigenvalue weighted by Gasteiger charge is 2.32. The van der Waals surface area contributed by atoms with Crippen molar-refractivity contribution in [3.05, 3.63) is 48.0 Å². The van der Waals surface area contributed by atoms with E-state index in [9.17, 15) is 18.0 Å². The molecular weight excluding hydrogens is 446 g/mol. The molecule has 4 rings (SSSR count). The number of aryl methyl sites for hydroxylation is 1. The van der Waals surface area contributed by atoms with Gasteiger partial charge in [0.2, 0.25) is 21.8 Å². The molecule has 0 atom stereocenters. The highest BCUT2D eigenvalue weighted by Crippen LogP contribution is 2.38. The molecule has 2 aromatic carbocycles. The molecule has 1 fully saturated rings. The van der Waals surface area contributed by atoms with Gasteiger partial charge in [-0.3, -0.25) is 9.59 Å². The topological polar surface area (TPSA) is 78.0 Å². The van der Waals surface area contributed by atoms with Gasteiger partial charge in [0, 0.05) is 30.2 Å². The Hall–Kier alpha value is -2.36. The fraction of sp³-hybridized carbons (Fsp3) is 0.391. The smallest absolute Gasteiger partial charge is 0.247 e. The molecule has 9 heteroatoms.